The highest BCUT2D eigenvalue weighted by atomic mass is 35.5. The predicted molar refractivity (Wildman–Crippen MR) is 123 cm³/mol. The van der Waals surface area contributed by atoms with E-state index in [-0.39, 0.29) is 5.82 Å². The fourth-order valence-electron chi connectivity index (χ4n) is 3.56. The molecule has 0 fully saturated rings. The molecule has 0 unspecified atom stereocenters. The fourth-order valence-corrected chi connectivity index (χ4v) is 3.69. The number of nitrogens with one attached hydrogen (secondary N) is 1. The van der Waals surface area contributed by atoms with Crippen LogP contribution in [0.4, 0.5) is 5.82 Å². The molecule has 0 aliphatic carbocycles. The van der Waals surface area contributed by atoms with Gasteiger partial charge in [0.1, 0.15) is 11.3 Å². The summed E-state index contributed by atoms with van der Waals surface area (Å²) in [5, 5.41) is 3.94. The summed E-state index contributed by atoms with van der Waals surface area (Å²) in [5.74, 6) is -1.17. The molecule has 8 heteroatoms. The number of rotatable bonds is 5. The highest BCUT2D eigenvalue weighted by molar-refractivity contribution is 6.48. The number of hydrogen-bond acceptors (Lipinski definition) is 5. The van der Waals surface area contributed by atoms with Crippen LogP contribution in [0.25, 0.3) is 22.1 Å². The molecule has 5 aromatic rings. The van der Waals surface area contributed by atoms with Crippen molar-refractivity contribution in [3.63, 3.8) is 0 Å². The van der Waals surface area contributed by atoms with Gasteiger partial charge in [-0.25, -0.2) is 9.97 Å². The molecular formula is C24H16ClN5O2. The summed E-state index contributed by atoms with van der Waals surface area (Å²) >= 11 is 5.98. The van der Waals surface area contributed by atoms with Gasteiger partial charge >= 0.3 is 0 Å². The monoisotopic (exact) mass is 441 g/mol. The number of amides is 1. The molecule has 1 N–H and O–H groups in total. The van der Waals surface area contributed by atoms with Crippen molar-refractivity contribution in [3.05, 3.63) is 95.4 Å². The SMILES string of the molecule is O=C(Nc1ccc2nccnc2n1)C(=O)c1cn(Cc2ccc(Cl)cc2)c2ccccc12. The third-order valence-electron chi connectivity index (χ3n) is 5.08. The number of fused-ring (bicyclic) bond motifs is 2. The van der Waals surface area contributed by atoms with Crippen LogP contribution in [0.5, 0.6) is 0 Å². The summed E-state index contributed by atoms with van der Waals surface area (Å²) in [5.41, 5.74) is 3.20. The summed E-state index contributed by atoms with van der Waals surface area (Å²) < 4.78 is 1.95. The number of ketones is 1. The predicted octanol–water partition coefficient (Wildman–Crippen LogP) is 4.50. The van der Waals surface area contributed by atoms with Gasteiger partial charge in [-0.3, -0.25) is 14.6 Å². The average Bonchev–Trinajstić information content (AvgIpc) is 3.18. The van der Waals surface area contributed by atoms with E-state index in [1.165, 1.54) is 6.20 Å². The number of benzene rings is 2. The maximum absolute atomic E-state index is 13.0. The van der Waals surface area contributed by atoms with Crippen molar-refractivity contribution in [3.8, 4) is 0 Å². The van der Waals surface area contributed by atoms with Gasteiger partial charge in [0.2, 0.25) is 0 Å². The second-order valence-electron chi connectivity index (χ2n) is 7.19. The van der Waals surface area contributed by atoms with Gasteiger partial charge in [-0.1, -0.05) is 41.9 Å². The Labute approximate surface area is 187 Å². The summed E-state index contributed by atoms with van der Waals surface area (Å²) in [6.45, 7) is 0.539. The normalized spacial score (nSPS) is 11.0. The lowest BCUT2D eigenvalue weighted by Crippen LogP contribution is -2.23. The number of hydrogen-bond donors (Lipinski definition) is 1. The van der Waals surface area contributed by atoms with Crippen molar-refractivity contribution in [2.24, 2.45) is 0 Å². The Hall–Kier alpha value is -4.10. The van der Waals surface area contributed by atoms with Gasteiger partial charge < -0.3 is 9.88 Å². The van der Waals surface area contributed by atoms with Crippen LogP contribution >= 0.6 is 11.6 Å². The van der Waals surface area contributed by atoms with Crippen LogP contribution in [0.2, 0.25) is 5.02 Å². The minimum absolute atomic E-state index is 0.237. The van der Waals surface area contributed by atoms with Crippen molar-refractivity contribution in [1.29, 1.82) is 0 Å². The lowest BCUT2D eigenvalue weighted by atomic mass is 10.1. The minimum Gasteiger partial charge on any atom is -0.342 e. The molecule has 7 nitrogen and oxygen atoms in total. The average molecular weight is 442 g/mol. The number of carbonyl (C=O) groups excluding carboxylic acids is 2. The third kappa shape index (κ3) is 3.81. The first-order chi connectivity index (χ1) is 15.6. The highest BCUT2D eigenvalue weighted by Gasteiger charge is 2.22. The van der Waals surface area contributed by atoms with Gasteiger partial charge in [0.15, 0.2) is 5.65 Å². The zero-order chi connectivity index (χ0) is 22.1. The molecule has 0 aliphatic heterocycles. The zero-order valence-electron chi connectivity index (χ0n) is 16.7. The number of para-hydroxylation sites is 1. The molecule has 0 saturated heterocycles. The molecule has 32 heavy (non-hydrogen) atoms. The number of anilines is 1. The maximum Gasteiger partial charge on any atom is 0.298 e. The largest absolute Gasteiger partial charge is 0.342 e. The molecular weight excluding hydrogens is 426 g/mol. The first-order valence-corrected chi connectivity index (χ1v) is 10.2. The van der Waals surface area contributed by atoms with Crippen LogP contribution in [0.3, 0.4) is 0 Å². The lowest BCUT2D eigenvalue weighted by Gasteiger charge is -2.05. The summed E-state index contributed by atoms with van der Waals surface area (Å²) in [7, 11) is 0. The van der Waals surface area contributed by atoms with Gasteiger partial charge in [0.25, 0.3) is 11.7 Å². The van der Waals surface area contributed by atoms with Crippen molar-refractivity contribution in [1.82, 2.24) is 19.5 Å². The molecule has 3 heterocycles. The van der Waals surface area contributed by atoms with Crippen LogP contribution in [0.15, 0.2) is 79.3 Å². The quantitative estimate of drug-likeness (QED) is 0.320. The van der Waals surface area contributed by atoms with Gasteiger partial charge in [-0.05, 0) is 35.9 Å². The van der Waals surface area contributed by atoms with Gasteiger partial charge in [-0.2, -0.15) is 0 Å². The Balaban J connectivity index is 1.44. The zero-order valence-corrected chi connectivity index (χ0v) is 17.5. The third-order valence-corrected chi connectivity index (χ3v) is 5.33. The second-order valence-corrected chi connectivity index (χ2v) is 7.63. The number of halogens is 1. The number of Topliss-reactive ketones (excluding diaryl/α,β-unsaturated/α-hetero) is 1. The number of nitrogens with zero attached hydrogens (tertiary/aromatic N) is 4. The molecule has 0 aliphatic rings. The van der Waals surface area contributed by atoms with E-state index in [9.17, 15) is 9.59 Å². The van der Waals surface area contributed by atoms with E-state index in [1.54, 1.807) is 24.5 Å². The van der Waals surface area contributed by atoms with E-state index >= 15 is 0 Å². The molecule has 0 spiro atoms. The maximum atomic E-state index is 13.0. The summed E-state index contributed by atoms with van der Waals surface area (Å²) in [6, 6.07) is 18.3. The van der Waals surface area contributed by atoms with Crippen molar-refractivity contribution < 1.29 is 9.59 Å². The summed E-state index contributed by atoms with van der Waals surface area (Å²) in [6.07, 6.45) is 4.79. The molecule has 156 valence electrons. The topological polar surface area (TPSA) is 89.8 Å². The smallest absolute Gasteiger partial charge is 0.298 e. The Morgan fingerprint density at radius 2 is 1.72 bits per heavy atom. The van der Waals surface area contributed by atoms with Crippen LogP contribution in [-0.4, -0.2) is 31.2 Å². The standard InChI is InChI=1S/C24H16ClN5O2/c25-16-7-5-15(6-8-16)13-30-14-18(17-3-1-2-4-20(17)30)22(31)24(32)29-21-10-9-19-23(28-21)27-12-11-26-19/h1-12,14H,13H2,(H,27,28,29,32). The van der Waals surface area contributed by atoms with Gasteiger partial charge in [-0.15, -0.1) is 0 Å². The Kier molecular flexibility index (Phi) is 5.09. The molecule has 0 radical (unpaired) electrons. The van der Waals surface area contributed by atoms with Gasteiger partial charge in [0, 0.05) is 41.1 Å². The second kappa shape index (κ2) is 8.20. The first-order valence-electron chi connectivity index (χ1n) is 9.84. The fraction of sp³-hybridized carbons (Fsp3) is 0.0417. The van der Waals surface area contributed by atoms with E-state index in [1.807, 2.05) is 53.1 Å². The van der Waals surface area contributed by atoms with Crippen molar-refractivity contribution in [2.45, 2.75) is 6.54 Å². The molecule has 5 rings (SSSR count). The minimum atomic E-state index is -0.768. The molecule has 1 amide bonds. The van der Waals surface area contributed by atoms with Crippen LogP contribution in [0.1, 0.15) is 15.9 Å². The number of carbonyl (C=O) groups is 2. The van der Waals surface area contributed by atoms with Crippen molar-refractivity contribution >= 4 is 51.2 Å². The van der Waals surface area contributed by atoms with E-state index in [0.29, 0.717) is 33.7 Å². The van der Waals surface area contributed by atoms with E-state index in [0.717, 1.165) is 11.1 Å². The molecule has 0 atom stereocenters. The molecule has 0 bridgehead atoms. The summed E-state index contributed by atoms with van der Waals surface area (Å²) in [4.78, 5) is 38.3. The van der Waals surface area contributed by atoms with Gasteiger partial charge in [0.05, 0.1) is 5.56 Å². The van der Waals surface area contributed by atoms with E-state index < -0.39 is 11.7 Å². The van der Waals surface area contributed by atoms with Crippen LogP contribution < -0.4 is 5.32 Å². The Morgan fingerprint density at radius 3 is 2.56 bits per heavy atom. The van der Waals surface area contributed by atoms with E-state index in [4.69, 9.17) is 11.6 Å². The van der Waals surface area contributed by atoms with Crippen LogP contribution in [0, 0.1) is 0 Å². The molecule has 3 aromatic heterocycles. The van der Waals surface area contributed by atoms with Crippen LogP contribution in [-0.2, 0) is 11.3 Å². The molecule has 2 aromatic carbocycles. The highest BCUT2D eigenvalue weighted by Crippen LogP contribution is 2.24. The number of pyridine rings is 1. The van der Waals surface area contributed by atoms with E-state index in [2.05, 4.69) is 20.3 Å². The first kappa shape index (κ1) is 19.8. The lowest BCUT2D eigenvalue weighted by molar-refractivity contribution is -0.112. The Morgan fingerprint density at radius 1 is 0.938 bits per heavy atom. The van der Waals surface area contributed by atoms with Crippen molar-refractivity contribution in [2.75, 3.05) is 5.32 Å². The molecule has 0 saturated carbocycles. The number of aromatic nitrogens is 4. The Bertz CT molecular complexity index is 1480.